The molecule has 1 amide bonds. The summed E-state index contributed by atoms with van der Waals surface area (Å²) >= 11 is 12.6. The van der Waals surface area contributed by atoms with Crippen LogP contribution in [0.25, 0.3) is 5.57 Å². The molecule has 316 valence electrons. The molecule has 0 spiro atoms. The van der Waals surface area contributed by atoms with Gasteiger partial charge in [0.1, 0.15) is 33.7 Å². The fourth-order valence-corrected chi connectivity index (χ4v) is 9.52. The van der Waals surface area contributed by atoms with Crippen molar-refractivity contribution >= 4 is 56.6 Å². The predicted molar refractivity (Wildman–Crippen MR) is 232 cm³/mol. The smallest absolute Gasteiger partial charge is 0.268 e. The molecular formula is C45H48Cl2FN5O6S. The number of carbonyl (C=O) groups is 1. The Bertz CT molecular complexity index is 2430. The number of carbonyl (C=O) groups excluding carboxylic acids is 1. The number of aliphatic imine (C=N–C) groups is 1. The molecule has 4 aromatic rings. The van der Waals surface area contributed by atoms with Crippen LogP contribution in [0.15, 0.2) is 88.4 Å². The summed E-state index contributed by atoms with van der Waals surface area (Å²) in [5.41, 5.74) is 5.40. The first-order valence-electron chi connectivity index (χ1n) is 20.2. The maximum absolute atomic E-state index is 15.1. The molecule has 2 saturated heterocycles. The van der Waals surface area contributed by atoms with Crippen LogP contribution in [0.1, 0.15) is 73.0 Å². The monoisotopic (exact) mass is 875 g/mol. The highest BCUT2D eigenvalue weighted by atomic mass is 35.5. The summed E-state index contributed by atoms with van der Waals surface area (Å²) in [5.74, 6) is -0.338. The Labute approximate surface area is 360 Å². The summed E-state index contributed by atoms with van der Waals surface area (Å²) < 4.78 is 61.6. The van der Waals surface area contributed by atoms with E-state index < -0.39 is 21.6 Å². The van der Waals surface area contributed by atoms with Gasteiger partial charge in [0.2, 0.25) is 5.88 Å². The van der Waals surface area contributed by atoms with E-state index in [0.717, 1.165) is 86.1 Å². The number of amides is 1. The van der Waals surface area contributed by atoms with Gasteiger partial charge in [-0.25, -0.2) is 22.5 Å². The highest BCUT2D eigenvalue weighted by molar-refractivity contribution is 7.90. The van der Waals surface area contributed by atoms with Crippen LogP contribution in [0, 0.1) is 5.41 Å². The van der Waals surface area contributed by atoms with Crippen LogP contribution in [0.3, 0.4) is 0 Å². The standard InChI is InChI=1S/C45H48Cl2FN5O6S/c1-44(2)13-12-32(37(24-44)30-6-8-33(46)9-7-30)28-52-16-18-53(19-17-52)34-10-11-36(41(22-34)59-40-5-3-4-31-25-49-27-38(31)40)42(54)51-60(55,56)35-23-39(47)43(50-26-35)58-29-45(48)14-20-57-21-15-45/h3-11,22-23,26-27H,12-21,24-25,28-29H2,1-2H3,(H,51,54). The molecule has 2 fully saturated rings. The van der Waals surface area contributed by atoms with E-state index >= 15 is 4.39 Å². The maximum Gasteiger partial charge on any atom is 0.268 e. The summed E-state index contributed by atoms with van der Waals surface area (Å²) in [7, 11) is -4.47. The van der Waals surface area contributed by atoms with E-state index in [2.05, 4.69) is 50.5 Å². The van der Waals surface area contributed by atoms with Crippen LogP contribution in [0.4, 0.5) is 10.1 Å². The number of pyridine rings is 1. The van der Waals surface area contributed by atoms with Crippen LogP contribution in [-0.4, -0.2) is 88.6 Å². The minimum Gasteiger partial charge on any atom is -0.473 e. The predicted octanol–water partition coefficient (Wildman–Crippen LogP) is 8.92. The lowest BCUT2D eigenvalue weighted by Gasteiger charge is -2.39. The molecule has 1 aliphatic carbocycles. The Hall–Kier alpha value is -4.53. The first-order valence-corrected chi connectivity index (χ1v) is 22.5. The van der Waals surface area contributed by atoms with E-state index in [1.165, 1.54) is 16.7 Å². The Kier molecular flexibility index (Phi) is 12.3. The largest absolute Gasteiger partial charge is 0.473 e. The van der Waals surface area contributed by atoms with E-state index in [1.807, 2.05) is 30.3 Å². The molecule has 0 unspecified atom stereocenters. The normalized spacial score (nSPS) is 18.9. The van der Waals surface area contributed by atoms with Crippen LogP contribution in [-0.2, 0) is 21.3 Å². The molecule has 0 saturated carbocycles. The Morgan fingerprint density at radius 3 is 2.48 bits per heavy atom. The van der Waals surface area contributed by atoms with Gasteiger partial charge in [0.15, 0.2) is 0 Å². The van der Waals surface area contributed by atoms with Gasteiger partial charge in [0, 0.05) is 87.3 Å². The molecule has 4 aliphatic rings. The van der Waals surface area contributed by atoms with Crippen molar-refractivity contribution in [3.63, 3.8) is 0 Å². The molecule has 0 radical (unpaired) electrons. The molecule has 0 atom stereocenters. The maximum atomic E-state index is 15.1. The summed E-state index contributed by atoms with van der Waals surface area (Å²) in [4.78, 5) is 26.7. The van der Waals surface area contributed by atoms with Crippen molar-refractivity contribution in [1.29, 1.82) is 0 Å². The highest BCUT2D eigenvalue weighted by Crippen LogP contribution is 2.44. The second-order valence-corrected chi connectivity index (χ2v) is 19.2. The van der Waals surface area contributed by atoms with E-state index in [9.17, 15) is 13.2 Å². The number of aromatic nitrogens is 1. The van der Waals surface area contributed by atoms with Crippen molar-refractivity contribution in [3.8, 4) is 17.4 Å². The lowest BCUT2D eigenvalue weighted by Crippen LogP contribution is -2.47. The van der Waals surface area contributed by atoms with Crippen molar-refractivity contribution in [2.75, 3.05) is 57.4 Å². The van der Waals surface area contributed by atoms with Crippen molar-refractivity contribution < 1.29 is 31.8 Å². The molecule has 1 N–H and O–H groups in total. The van der Waals surface area contributed by atoms with E-state index in [-0.39, 0.29) is 65.2 Å². The number of rotatable bonds is 12. The lowest BCUT2D eigenvalue weighted by molar-refractivity contribution is -0.0331. The molecule has 0 bridgehead atoms. The van der Waals surface area contributed by atoms with Crippen LogP contribution in [0.5, 0.6) is 17.4 Å². The van der Waals surface area contributed by atoms with Crippen molar-refractivity contribution in [2.45, 2.75) is 63.1 Å². The van der Waals surface area contributed by atoms with Gasteiger partial charge >= 0.3 is 0 Å². The first-order chi connectivity index (χ1) is 28.7. The number of ether oxygens (including phenoxy) is 3. The number of halogens is 3. The van der Waals surface area contributed by atoms with Gasteiger partial charge in [-0.05, 0) is 77.8 Å². The summed E-state index contributed by atoms with van der Waals surface area (Å²) in [6.07, 6.45) is 6.30. The summed E-state index contributed by atoms with van der Waals surface area (Å²) in [6.45, 7) is 9.50. The third-order valence-electron chi connectivity index (χ3n) is 11.8. The molecule has 3 aromatic carbocycles. The van der Waals surface area contributed by atoms with E-state index in [4.69, 9.17) is 37.4 Å². The molecule has 8 rings (SSSR count). The molecular weight excluding hydrogens is 828 g/mol. The number of piperazine rings is 1. The van der Waals surface area contributed by atoms with Gasteiger partial charge in [-0.1, -0.05) is 66.9 Å². The average molecular weight is 877 g/mol. The fraction of sp³-hybridized carbons (Fsp3) is 0.400. The quantitative estimate of drug-likeness (QED) is 0.149. The van der Waals surface area contributed by atoms with Gasteiger partial charge < -0.3 is 19.1 Å². The number of anilines is 1. The Morgan fingerprint density at radius 2 is 1.73 bits per heavy atom. The van der Waals surface area contributed by atoms with Gasteiger partial charge in [-0.3, -0.25) is 14.7 Å². The fourth-order valence-electron chi connectivity index (χ4n) is 8.17. The lowest BCUT2D eigenvalue weighted by atomic mass is 9.72. The summed E-state index contributed by atoms with van der Waals surface area (Å²) in [6, 6.07) is 20.1. The number of alkyl halides is 1. The summed E-state index contributed by atoms with van der Waals surface area (Å²) in [5, 5.41) is 0.591. The van der Waals surface area contributed by atoms with Gasteiger partial charge in [0.25, 0.3) is 15.9 Å². The average Bonchev–Trinajstić information content (AvgIpc) is 3.72. The Balaban J connectivity index is 0.991. The number of hydrogen-bond acceptors (Lipinski definition) is 10. The van der Waals surface area contributed by atoms with Crippen LogP contribution in [0.2, 0.25) is 10.0 Å². The zero-order chi connectivity index (χ0) is 42.1. The third kappa shape index (κ3) is 9.66. The van der Waals surface area contributed by atoms with Gasteiger partial charge in [-0.15, -0.1) is 0 Å². The third-order valence-corrected chi connectivity index (χ3v) is 13.6. The highest BCUT2D eigenvalue weighted by Gasteiger charge is 2.34. The molecule has 3 aliphatic heterocycles. The molecule has 15 heteroatoms. The number of nitrogens with zero attached hydrogens (tertiary/aromatic N) is 4. The molecule has 4 heterocycles. The second-order valence-electron chi connectivity index (χ2n) is 16.7. The van der Waals surface area contributed by atoms with E-state index in [1.54, 1.807) is 24.4 Å². The molecule has 1 aromatic heterocycles. The van der Waals surface area contributed by atoms with Crippen LogP contribution < -0.4 is 19.1 Å². The minimum atomic E-state index is -4.47. The molecule has 60 heavy (non-hydrogen) atoms. The van der Waals surface area contributed by atoms with Crippen molar-refractivity contribution in [3.05, 3.63) is 111 Å². The number of nitrogens with one attached hydrogen (secondary N) is 1. The van der Waals surface area contributed by atoms with Crippen molar-refractivity contribution in [1.82, 2.24) is 14.6 Å². The zero-order valence-electron chi connectivity index (χ0n) is 33.7. The Morgan fingerprint density at radius 1 is 0.967 bits per heavy atom. The second kappa shape index (κ2) is 17.4. The molecule has 11 nitrogen and oxygen atoms in total. The zero-order valence-corrected chi connectivity index (χ0v) is 36.0. The van der Waals surface area contributed by atoms with E-state index in [0.29, 0.717) is 12.3 Å². The van der Waals surface area contributed by atoms with Gasteiger partial charge in [-0.2, -0.15) is 0 Å². The van der Waals surface area contributed by atoms with Crippen molar-refractivity contribution in [2.24, 2.45) is 10.4 Å². The van der Waals surface area contributed by atoms with Crippen LogP contribution >= 0.6 is 23.2 Å². The number of fused-ring (bicyclic) bond motifs is 1. The number of hydrogen-bond donors (Lipinski definition) is 1. The number of sulfonamides is 1. The SMILES string of the molecule is CC1(C)CCC(CN2CCN(c3ccc(C(=O)NS(=O)(=O)c4cnc(OCC5(F)CCOCC5)c(Cl)c4)c(Oc4cccc5c4C=NC5)c3)CC2)=C(c2ccc(Cl)cc2)C1. The first kappa shape index (κ1) is 42.2. The van der Waals surface area contributed by atoms with Gasteiger partial charge in [0.05, 0.1) is 18.3 Å². The topological polar surface area (TPSA) is 123 Å². The number of benzene rings is 3. The number of allylic oxidation sites excluding steroid dienone is 1. The minimum absolute atomic E-state index is 0.0131.